The molecular formula is C25H21BrN4OS. The summed E-state index contributed by atoms with van der Waals surface area (Å²) in [6.45, 7) is 4.25. The summed E-state index contributed by atoms with van der Waals surface area (Å²) in [7, 11) is 0. The molecule has 0 spiro atoms. The fourth-order valence-corrected chi connectivity index (χ4v) is 5.64. The number of halogens is 1. The van der Waals surface area contributed by atoms with Crippen LogP contribution in [0.1, 0.15) is 38.2 Å². The molecule has 0 aromatic carbocycles. The summed E-state index contributed by atoms with van der Waals surface area (Å²) in [6, 6.07) is 12.2. The summed E-state index contributed by atoms with van der Waals surface area (Å²) in [6.07, 6.45) is 6.80. The van der Waals surface area contributed by atoms with Gasteiger partial charge in [-0.15, -0.1) is 0 Å². The molecule has 1 aliphatic carbocycles. The Hall–Kier alpha value is -2.95. The number of rotatable bonds is 3. The molecule has 2 aliphatic rings. The number of nitriles is 1. The number of aromatic nitrogens is 2. The summed E-state index contributed by atoms with van der Waals surface area (Å²) in [5.74, 6) is 1.14. The van der Waals surface area contributed by atoms with Gasteiger partial charge in [0.05, 0.1) is 17.6 Å². The van der Waals surface area contributed by atoms with Crippen molar-refractivity contribution in [2.45, 2.75) is 32.6 Å². The minimum Gasteiger partial charge on any atom is -0.309 e. The molecule has 32 heavy (non-hydrogen) atoms. The number of pyridine rings is 1. The molecule has 0 saturated carbocycles. The number of hydrogen-bond acceptors (Lipinski definition) is 5. The van der Waals surface area contributed by atoms with Crippen LogP contribution in [-0.2, 0) is 4.79 Å². The number of Topliss-reactive ketones (excluding diaryl/α,β-unsaturated/α-hetero) is 1. The molecule has 3 aromatic heterocycles. The summed E-state index contributed by atoms with van der Waals surface area (Å²) in [5.41, 5.74) is 3.01. The van der Waals surface area contributed by atoms with E-state index in [0.29, 0.717) is 17.8 Å². The Morgan fingerprint density at radius 1 is 1.22 bits per heavy atom. The Bertz CT molecular complexity index is 1280. The van der Waals surface area contributed by atoms with E-state index in [9.17, 15) is 10.1 Å². The molecule has 0 bridgehead atoms. The van der Waals surface area contributed by atoms with E-state index in [-0.39, 0.29) is 17.1 Å². The van der Waals surface area contributed by atoms with E-state index in [0.717, 1.165) is 33.5 Å². The highest BCUT2D eigenvalue weighted by atomic mass is 79.9. The molecule has 160 valence electrons. The molecule has 0 N–H and O–H groups in total. The first kappa shape index (κ1) is 20.9. The normalized spacial score (nSPS) is 20.4. The second-order valence-corrected chi connectivity index (χ2v) is 10.6. The molecule has 1 atom stereocenters. The molecule has 7 heteroatoms. The van der Waals surface area contributed by atoms with Gasteiger partial charge < -0.3 is 4.57 Å². The Morgan fingerprint density at radius 3 is 2.62 bits per heavy atom. The van der Waals surface area contributed by atoms with Crippen LogP contribution in [0, 0.1) is 16.7 Å². The second-order valence-electron chi connectivity index (χ2n) is 8.90. The second kappa shape index (κ2) is 7.88. The number of thiophene rings is 1. The van der Waals surface area contributed by atoms with E-state index in [4.69, 9.17) is 0 Å². The minimum absolute atomic E-state index is 0.105. The Labute approximate surface area is 199 Å². The molecule has 0 saturated heterocycles. The van der Waals surface area contributed by atoms with Crippen LogP contribution >= 0.6 is 27.3 Å². The molecule has 5 nitrogen and oxygen atoms in total. The van der Waals surface area contributed by atoms with Crippen LogP contribution in [0.5, 0.6) is 0 Å². The van der Waals surface area contributed by atoms with Crippen molar-refractivity contribution in [2.75, 3.05) is 4.90 Å². The van der Waals surface area contributed by atoms with Crippen LogP contribution in [0.4, 0.5) is 5.82 Å². The van der Waals surface area contributed by atoms with E-state index < -0.39 is 0 Å². The highest BCUT2D eigenvalue weighted by Crippen LogP contribution is 2.51. The first-order chi connectivity index (χ1) is 15.4. The van der Waals surface area contributed by atoms with Gasteiger partial charge in [0.1, 0.15) is 11.6 Å². The number of hydrogen-bond donors (Lipinski definition) is 0. The van der Waals surface area contributed by atoms with E-state index >= 15 is 0 Å². The number of ketones is 1. The van der Waals surface area contributed by atoms with Crippen LogP contribution in [0.2, 0.25) is 0 Å². The molecule has 1 aliphatic heterocycles. The molecular weight excluding hydrogens is 484 g/mol. The lowest BCUT2D eigenvalue weighted by molar-refractivity contribution is -0.118. The van der Waals surface area contributed by atoms with Crippen molar-refractivity contribution in [1.29, 1.82) is 5.26 Å². The third-order valence-electron chi connectivity index (χ3n) is 5.98. The van der Waals surface area contributed by atoms with Gasteiger partial charge in [-0.2, -0.15) is 16.6 Å². The van der Waals surface area contributed by atoms with Gasteiger partial charge in [-0.05, 0) is 74.4 Å². The maximum atomic E-state index is 13.6. The fourth-order valence-electron chi connectivity index (χ4n) is 4.72. The average Bonchev–Trinajstić information content (AvgIpc) is 3.46. The van der Waals surface area contributed by atoms with E-state index in [2.05, 4.69) is 40.8 Å². The standard InChI is InChI=1S/C25H21BrN4OS/c1-25(2)11-19-23(20(31)12-25)22(16-7-10-32-15-16)18(13-27)24(29-8-3-4-9-29)30(19)21-6-5-17(26)14-28-21/h3-10,14-15,22H,11-12H2,1-2H3/t22-/m0/s1. The van der Waals surface area contributed by atoms with Crippen molar-refractivity contribution in [2.24, 2.45) is 5.41 Å². The molecule has 0 radical (unpaired) electrons. The summed E-state index contributed by atoms with van der Waals surface area (Å²) in [5, 5.41) is 14.5. The number of carbonyl (C=O) groups is 1. The Kier molecular flexibility index (Phi) is 5.15. The smallest absolute Gasteiger partial charge is 0.162 e. The third kappa shape index (κ3) is 3.44. The van der Waals surface area contributed by atoms with E-state index in [1.165, 1.54) is 0 Å². The highest BCUT2D eigenvalue weighted by molar-refractivity contribution is 9.10. The minimum atomic E-state index is -0.381. The third-order valence-corrected chi connectivity index (χ3v) is 7.15. The van der Waals surface area contributed by atoms with Crippen LogP contribution < -0.4 is 4.90 Å². The SMILES string of the molecule is CC1(C)CC(=O)C2=C(C1)N(c1ccc(Br)cn1)C(n1cccc1)=C(C#N)[C@@H]2c1ccsc1. The first-order valence-electron chi connectivity index (χ1n) is 10.4. The topological polar surface area (TPSA) is 61.9 Å². The van der Waals surface area contributed by atoms with Crippen LogP contribution in [-0.4, -0.2) is 15.3 Å². The largest absolute Gasteiger partial charge is 0.309 e. The lowest BCUT2D eigenvalue weighted by Gasteiger charge is -2.44. The number of carbonyl (C=O) groups excluding carboxylic acids is 1. The summed E-state index contributed by atoms with van der Waals surface area (Å²) in [4.78, 5) is 20.3. The maximum Gasteiger partial charge on any atom is 0.162 e. The predicted octanol–water partition coefficient (Wildman–Crippen LogP) is 6.35. The fraction of sp³-hybridized carbons (Fsp3) is 0.240. The van der Waals surface area contributed by atoms with Gasteiger partial charge in [-0.25, -0.2) is 4.98 Å². The summed E-state index contributed by atoms with van der Waals surface area (Å²) >= 11 is 5.05. The van der Waals surface area contributed by atoms with Crippen molar-refractivity contribution >= 4 is 44.7 Å². The zero-order valence-corrected chi connectivity index (χ0v) is 20.2. The number of anilines is 1. The van der Waals surface area contributed by atoms with Gasteiger partial charge in [0.25, 0.3) is 0 Å². The monoisotopic (exact) mass is 504 g/mol. The van der Waals surface area contributed by atoms with Crippen molar-refractivity contribution in [3.63, 3.8) is 0 Å². The van der Waals surface area contributed by atoms with E-state index in [1.807, 2.05) is 63.0 Å². The molecule has 5 rings (SSSR count). The van der Waals surface area contributed by atoms with Crippen LogP contribution in [0.3, 0.4) is 0 Å². The van der Waals surface area contributed by atoms with Crippen molar-refractivity contribution in [3.05, 3.63) is 86.6 Å². The lowest BCUT2D eigenvalue weighted by atomic mass is 9.69. The first-order valence-corrected chi connectivity index (χ1v) is 12.1. The van der Waals surface area contributed by atoms with Crippen LogP contribution in [0.25, 0.3) is 5.82 Å². The zero-order chi connectivity index (χ0) is 22.5. The van der Waals surface area contributed by atoms with E-state index in [1.54, 1.807) is 17.5 Å². The van der Waals surface area contributed by atoms with Gasteiger partial charge in [0.2, 0.25) is 0 Å². The van der Waals surface area contributed by atoms with Gasteiger partial charge in [-0.1, -0.05) is 13.8 Å². The quantitative estimate of drug-likeness (QED) is 0.417. The zero-order valence-electron chi connectivity index (χ0n) is 17.7. The number of allylic oxidation sites excluding steroid dienone is 3. The van der Waals surface area contributed by atoms with Gasteiger partial charge >= 0.3 is 0 Å². The summed E-state index contributed by atoms with van der Waals surface area (Å²) < 4.78 is 2.83. The highest BCUT2D eigenvalue weighted by Gasteiger charge is 2.45. The van der Waals surface area contributed by atoms with Gasteiger partial charge in [-0.3, -0.25) is 9.69 Å². The predicted molar refractivity (Wildman–Crippen MR) is 130 cm³/mol. The van der Waals surface area contributed by atoms with Crippen molar-refractivity contribution < 1.29 is 4.79 Å². The molecule has 0 fully saturated rings. The average molecular weight is 505 g/mol. The molecule has 3 aromatic rings. The van der Waals surface area contributed by atoms with Gasteiger partial charge in [0, 0.05) is 40.8 Å². The number of nitrogens with zero attached hydrogens (tertiary/aromatic N) is 4. The Morgan fingerprint density at radius 2 is 2.00 bits per heavy atom. The molecule has 4 heterocycles. The van der Waals surface area contributed by atoms with Crippen molar-refractivity contribution in [3.8, 4) is 6.07 Å². The Balaban J connectivity index is 1.85. The maximum absolute atomic E-state index is 13.6. The molecule has 0 amide bonds. The van der Waals surface area contributed by atoms with Crippen molar-refractivity contribution in [1.82, 2.24) is 9.55 Å². The van der Waals surface area contributed by atoms with Gasteiger partial charge in [0.15, 0.2) is 5.78 Å². The van der Waals surface area contributed by atoms with Crippen LogP contribution in [0.15, 0.2) is 81.0 Å². The lowest BCUT2D eigenvalue weighted by Crippen LogP contribution is -2.40. The molecule has 0 unspecified atom stereocenters.